The number of carboxylic acid groups (broad SMARTS) is 1. The Hall–Kier alpha value is -1.32. The van der Waals surface area contributed by atoms with Gasteiger partial charge in [0.05, 0.1) is 31.9 Å². The molecule has 1 aromatic heterocycles. The molecule has 152 valence electrons. The Kier molecular flexibility index (Phi) is 5.83. The average Bonchev–Trinajstić information content (AvgIpc) is 3.29. The number of hydrogen-bond acceptors (Lipinski definition) is 5. The van der Waals surface area contributed by atoms with E-state index in [0.717, 1.165) is 26.3 Å². The number of fused-ring (bicyclic) bond motifs is 2. The molecule has 0 spiro atoms. The topological polar surface area (TPSA) is 89.3 Å². The molecule has 3 atom stereocenters. The van der Waals surface area contributed by atoms with E-state index in [0.29, 0.717) is 29.2 Å². The molecule has 29 heavy (non-hydrogen) atoms. The van der Waals surface area contributed by atoms with Crippen molar-refractivity contribution in [1.29, 1.82) is 5.26 Å². The fourth-order valence-electron chi connectivity index (χ4n) is 4.21. The first-order chi connectivity index (χ1) is 13.9. The Morgan fingerprint density at radius 1 is 1.62 bits per heavy atom. The summed E-state index contributed by atoms with van der Waals surface area (Å²) in [5.74, 6) is -0.180. The molecule has 2 bridgehead atoms. The lowest BCUT2D eigenvalue weighted by atomic mass is 9.80. The van der Waals surface area contributed by atoms with Crippen LogP contribution in [-0.4, -0.2) is 46.0 Å². The minimum atomic E-state index is -0.894. The number of aromatic nitrogens is 1. The molecule has 0 radical (unpaired) electrons. The van der Waals surface area contributed by atoms with E-state index in [2.05, 4.69) is 54.9 Å². The summed E-state index contributed by atoms with van der Waals surface area (Å²) in [6, 6.07) is 3.93. The fraction of sp³-hybridized carbons (Fsp3) is 0.421. The fourth-order valence-corrected chi connectivity index (χ4v) is 6.41. The summed E-state index contributed by atoms with van der Waals surface area (Å²) in [6.45, 7) is 0.528. The van der Waals surface area contributed by atoms with Crippen LogP contribution in [0.5, 0.6) is 0 Å². The van der Waals surface area contributed by atoms with Gasteiger partial charge in [-0.2, -0.15) is 5.26 Å². The van der Waals surface area contributed by atoms with Crippen LogP contribution in [0.1, 0.15) is 18.4 Å². The Bertz CT molecular complexity index is 1060. The zero-order chi connectivity index (χ0) is 20.9. The van der Waals surface area contributed by atoms with Crippen LogP contribution < -0.4 is 5.32 Å². The average molecular weight is 591 g/mol. The highest BCUT2D eigenvalue weighted by Crippen LogP contribution is 2.45. The molecular formula is C19H17BrFIN4O2S. The lowest BCUT2D eigenvalue weighted by Crippen LogP contribution is -2.49. The van der Waals surface area contributed by atoms with Crippen LogP contribution in [0.2, 0.25) is 0 Å². The third kappa shape index (κ3) is 3.45. The summed E-state index contributed by atoms with van der Waals surface area (Å²) < 4.78 is 16.4. The largest absolute Gasteiger partial charge is 0.465 e. The maximum Gasteiger partial charge on any atom is 0.407 e. The number of benzene rings is 1. The maximum absolute atomic E-state index is 15.2. The summed E-state index contributed by atoms with van der Waals surface area (Å²) in [5, 5.41) is 23.2. The molecule has 2 aliphatic heterocycles. The number of carbonyl (C=O) groups is 1. The van der Waals surface area contributed by atoms with Crippen molar-refractivity contribution >= 4 is 73.0 Å². The van der Waals surface area contributed by atoms with Gasteiger partial charge in [0.25, 0.3) is 0 Å². The highest BCUT2D eigenvalue weighted by Gasteiger charge is 2.54. The molecule has 1 saturated carbocycles. The minimum Gasteiger partial charge on any atom is -0.465 e. The van der Waals surface area contributed by atoms with Crippen LogP contribution in [0.3, 0.4) is 0 Å². The van der Waals surface area contributed by atoms with Gasteiger partial charge in [-0.05, 0) is 69.2 Å². The number of pyridine rings is 1. The van der Waals surface area contributed by atoms with Crippen molar-refractivity contribution in [2.24, 2.45) is 5.92 Å². The molecular weight excluding hydrogens is 574 g/mol. The summed E-state index contributed by atoms with van der Waals surface area (Å²) in [6.07, 6.45) is 2.58. The molecule has 10 heteroatoms. The molecule has 1 amide bonds. The second-order valence-electron chi connectivity index (χ2n) is 7.20. The van der Waals surface area contributed by atoms with Crippen molar-refractivity contribution < 1.29 is 14.3 Å². The number of hydrogen-bond donors (Lipinski definition) is 2. The van der Waals surface area contributed by atoms with Gasteiger partial charge in [0.15, 0.2) is 5.82 Å². The van der Waals surface area contributed by atoms with E-state index >= 15 is 4.39 Å². The summed E-state index contributed by atoms with van der Waals surface area (Å²) >= 11 is 6.98. The van der Waals surface area contributed by atoms with Gasteiger partial charge < -0.3 is 15.3 Å². The molecule has 2 saturated heterocycles. The second-order valence-corrected chi connectivity index (χ2v) is 9.86. The predicted molar refractivity (Wildman–Crippen MR) is 122 cm³/mol. The summed E-state index contributed by atoms with van der Waals surface area (Å²) in [7, 11) is 0. The first-order valence-electron chi connectivity index (χ1n) is 9.04. The van der Waals surface area contributed by atoms with Gasteiger partial charge in [0.2, 0.25) is 0 Å². The van der Waals surface area contributed by atoms with Crippen LogP contribution >= 0.6 is 50.3 Å². The van der Waals surface area contributed by atoms with Crippen LogP contribution in [0.4, 0.5) is 14.9 Å². The molecule has 3 fully saturated rings. The minimum absolute atomic E-state index is 0.00851. The van der Waals surface area contributed by atoms with Crippen molar-refractivity contribution in [1.82, 2.24) is 9.88 Å². The van der Waals surface area contributed by atoms with Gasteiger partial charge in [0.1, 0.15) is 10.5 Å². The second kappa shape index (κ2) is 8.07. The Labute approximate surface area is 193 Å². The molecule has 1 aromatic carbocycles. The number of nitrogens with one attached hydrogen (secondary N) is 1. The Balaban J connectivity index is 1.81. The third-order valence-electron chi connectivity index (χ3n) is 5.70. The molecule has 1 aliphatic carbocycles. The number of amides is 1. The number of thioether (sulfide) groups is 1. The van der Waals surface area contributed by atoms with Crippen LogP contribution in [0.15, 0.2) is 15.6 Å². The van der Waals surface area contributed by atoms with Gasteiger partial charge in [0, 0.05) is 24.3 Å². The summed E-state index contributed by atoms with van der Waals surface area (Å²) in [4.78, 5) is 17.5. The normalized spacial score (nSPS) is 22.4. The predicted octanol–water partition coefficient (Wildman–Crippen LogP) is 5.08. The zero-order valence-corrected chi connectivity index (χ0v) is 19.9. The number of rotatable bonds is 5. The van der Waals surface area contributed by atoms with Gasteiger partial charge in [-0.1, -0.05) is 0 Å². The van der Waals surface area contributed by atoms with E-state index in [-0.39, 0.29) is 23.5 Å². The van der Waals surface area contributed by atoms with Crippen molar-refractivity contribution in [3.8, 4) is 6.07 Å². The third-order valence-corrected chi connectivity index (χ3v) is 8.66. The highest BCUT2D eigenvalue weighted by molar-refractivity contribution is 14.1. The van der Waals surface area contributed by atoms with Gasteiger partial charge in [-0.25, -0.2) is 14.2 Å². The number of anilines is 1. The SMILES string of the molecule is CSc1nc2c(F)c(Br)c(CCC#N)cc2c(NC2[C@@H]3C[C@H]2N(C(=O)O)C3)c1I. The Morgan fingerprint density at radius 2 is 2.38 bits per heavy atom. The number of aryl methyl sites for hydroxylation is 1. The van der Waals surface area contributed by atoms with Crippen LogP contribution in [0, 0.1) is 26.6 Å². The lowest BCUT2D eigenvalue weighted by Gasteiger charge is -2.37. The van der Waals surface area contributed by atoms with E-state index < -0.39 is 11.9 Å². The highest BCUT2D eigenvalue weighted by atomic mass is 127. The van der Waals surface area contributed by atoms with Crippen LogP contribution in [-0.2, 0) is 6.42 Å². The first kappa shape index (κ1) is 20.9. The number of halogens is 3. The van der Waals surface area contributed by atoms with Crippen molar-refractivity contribution in [3.63, 3.8) is 0 Å². The van der Waals surface area contributed by atoms with Crippen LogP contribution in [0.25, 0.3) is 10.9 Å². The Morgan fingerprint density at radius 3 is 3.00 bits per heavy atom. The van der Waals surface area contributed by atoms with E-state index in [1.807, 2.05) is 12.3 Å². The monoisotopic (exact) mass is 590 g/mol. The first-order valence-corrected chi connectivity index (χ1v) is 12.1. The van der Waals surface area contributed by atoms with Crippen molar-refractivity contribution in [2.75, 3.05) is 18.1 Å². The molecule has 3 heterocycles. The molecule has 2 aromatic rings. The summed E-state index contributed by atoms with van der Waals surface area (Å²) in [5.41, 5.74) is 1.78. The van der Waals surface area contributed by atoms with Crippen molar-refractivity contribution in [3.05, 3.63) is 25.5 Å². The number of nitrogens with zero attached hydrogens (tertiary/aromatic N) is 3. The number of nitriles is 1. The lowest BCUT2D eigenvalue weighted by molar-refractivity contribution is 0.140. The van der Waals surface area contributed by atoms with Gasteiger partial charge in [-0.3, -0.25) is 0 Å². The molecule has 5 rings (SSSR count). The van der Waals surface area contributed by atoms with Gasteiger partial charge in [-0.15, -0.1) is 11.8 Å². The quantitative estimate of drug-likeness (QED) is 0.373. The molecule has 6 nitrogen and oxygen atoms in total. The molecule has 1 unspecified atom stereocenters. The van der Waals surface area contributed by atoms with E-state index in [1.165, 1.54) is 16.7 Å². The molecule has 3 aliphatic rings. The van der Waals surface area contributed by atoms with E-state index in [9.17, 15) is 9.90 Å². The maximum atomic E-state index is 15.2. The van der Waals surface area contributed by atoms with E-state index in [1.54, 1.807) is 0 Å². The van der Waals surface area contributed by atoms with Gasteiger partial charge >= 0.3 is 6.09 Å². The van der Waals surface area contributed by atoms with E-state index in [4.69, 9.17) is 5.26 Å². The standard InChI is InChI=1S/C19H17BrFIN4O2S/c1-29-18-14(22)17(24-15-9-6-11(15)26(7-9)19(27)28)10-5-8(3-2-4-23)12(20)13(21)16(10)25-18/h5,9,11,15H,2-3,6-7H2,1H3,(H,24,25)(H,27,28)/t9-,11-,15?/m1/s1. The van der Waals surface area contributed by atoms with Crippen molar-refractivity contribution in [2.45, 2.75) is 36.4 Å². The molecule has 2 N–H and O–H groups in total. The zero-order valence-electron chi connectivity index (χ0n) is 15.4. The smallest absolute Gasteiger partial charge is 0.407 e.